The van der Waals surface area contributed by atoms with E-state index in [0.717, 1.165) is 0 Å². The van der Waals surface area contributed by atoms with E-state index in [4.69, 9.17) is 5.73 Å². The highest BCUT2D eigenvalue weighted by Gasteiger charge is 2.57. The van der Waals surface area contributed by atoms with E-state index >= 15 is 0 Å². The molecule has 11 heteroatoms. The molecule has 1 aromatic carbocycles. The van der Waals surface area contributed by atoms with Gasteiger partial charge in [-0.15, -0.1) is 11.8 Å². The zero-order valence-electron chi connectivity index (χ0n) is 16.4. The van der Waals surface area contributed by atoms with Crippen LogP contribution in [0.15, 0.2) is 47.7 Å². The number of halogens is 5. The Labute approximate surface area is 174 Å². The summed E-state index contributed by atoms with van der Waals surface area (Å²) in [5.74, 6) is -4.65. The van der Waals surface area contributed by atoms with Gasteiger partial charge in [0.25, 0.3) is 0 Å². The Morgan fingerprint density at radius 1 is 1.13 bits per heavy atom. The number of hydrogen-bond acceptors (Lipinski definition) is 5. The smallest absolute Gasteiger partial charge is 0.398 e. The summed E-state index contributed by atoms with van der Waals surface area (Å²) in [6, 6.07) is 8.56. The molecule has 2 heterocycles. The number of hydrogen-bond donors (Lipinski definition) is 1. The van der Waals surface area contributed by atoms with Gasteiger partial charge in [-0.1, -0.05) is 32.0 Å². The molecule has 0 fully saturated rings. The molecule has 2 N–H and O–H groups in total. The summed E-state index contributed by atoms with van der Waals surface area (Å²) in [5, 5.41) is 4.55. The van der Waals surface area contributed by atoms with E-state index in [-0.39, 0.29) is 11.3 Å². The average molecular weight is 445 g/mol. The van der Waals surface area contributed by atoms with Crippen LogP contribution in [0.1, 0.15) is 19.4 Å². The van der Waals surface area contributed by atoms with Crippen molar-refractivity contribution < 1.29 is 22.0 Å². The van der Waals surface area contributed by atoms with Crippen molar-refractivity contribution in [1.82, 2.24) is 14.8 Å². The van der Waals surface area contributed by atoms with Gasteiger partial charge in [-0.25, -0.2) is 9.98 Å². The van der Waals surface area contributed by atoms with Gasteiger partial charge in [-0.2, -0.15) is 27.1 Å². The molecule has 0 aliphatic carbocycles. The molecule has 0 radical (unpaired) electrons. The highest BCUT2D eigenvalue weighted by molar-refractivity contribution is 8.13. The minimum Gasteiger partial charge on any atom is -0.398 e. The maximum absolute atomic E-state index is 13.3. The van der Waals surface area contributed by atoms with E-state index in [1.165, 1.54) is 30.2 Å². The number of nitrogen functional groups attached to an aromatic ring is 1. The molecule has 0 saturated carbocycles. The molecule has 0 bridgehead atoms. The van der Waals surface area contributed by atoms with E-state index in [2.05, 4.69) is 15.1 Å². The van der Waals surface area contributed by atoms with Crippen molar-refractivity contribution in [2.45, 2.75) is 32.5 Å². The molecule has 0 spiro atoms. The van der Waals surface area contributed by atoms with Crippen molar-refractivity contribution in [3.63, 3.8) is 0 Å². The standard InChI is InChI=1S/C17H14F5N5S.C2H6/c1-28-15(11-4-2-3-5-12(11)23)26-14-6-10-7-25-27(13(10)8-24-14)9-16(18,19)17(20,21)22;1-2/h2-8H,9,23H2,1H3;1-2H3. The van der Waals surface area contributed by atoms with Gasteiger partial charge >= 0.3 is 12.1 Å². The van der Waals surface area contributed by atoms with Crippen molar-refractivity contribution in [1.29, 1.82) is 0 Å². The predicted octanol–water partition coefficient (Wildman–Crippen LogP) is 5.68. The molecule has 0 aliphatic heterocycles. The molecular formula is C19H20F5N5S. The summed E-state index contributed by atoms with van der Waals surface area (Å²) in [7, 11) is 0. The number of anilines is 1. The molecule has 30 heavy (non-hydrogen) atoms. The van der Waals surface area contributed by atoms with Crippen molar-refractivity contribution in [2.75, 3.05) is 12.0 Å². The number of nitrogens with zero attached hydrogens (tertiary/aromatic N) is 4. The number of benzene rings is 1. The Morgan fingerprint density at radius 3 is 2.40 bits per heavy atom. The Morgan fingerprint density at radius 2 is 1.80 bits per heavy atom. The van der Waals surface area contributed by atoms with Crippen molar-refractivity contribution in [2.24, 2.45) is 4.99 Å². The molecule has 162 valence electrons. The highest BCUT2D eigenvalue weighted by Crippen LogP contribution is 2.37. The number of nitrogens with two attached hydrogens (primary N) is 1. The van der Waals surface area contributed by atoms with Gasteiger partial charge in [-0.3, -0.25) is 4.68 Å². The summed E-state index contributed by atoms with van der Waals surface area (Å²) in [5.41, 5.74) is 7.23. The Kier molecular flexibility index (Phi) is 7.40. The number of aliphatic imine (C=N–C) groups is 1. The average Bonchev–Trinajstić information content (AvgIpc) is 3.09. The van der Waals surface area contributed by atoms with Crippen LogP contribution in [-0.4, -0.2) is 38.2 Å². The van der Waals surface area contributed by atoms with Crippen LogP contribution in [0.3, 0.4) is 0 Å². The van der Waals surface area contributed by atoms with Crippen LogP contribution in [-0.2, 0) is 6.54 Å². The second-order valence-corrected chi connectivity index (χ2v) is 6.61. The van der Waals surface area contributed by atoms with Crippen molar-refractivity contribution >= 4 is 39.2 Å². The Bertz CT molecular complexity index is 1030. The molecule has 2 aromatic heterocycles. The van der Waals surface area contributed by atoms with Crippen LogP contribution in [0.2, 0.25) is 0 Å². The third-order valence-electron chi connectivity index (χ3n) is 3.88. The second-order valence-electron chi connectivity index (χ2n) is 5.81. The molecule has 0 amide bonds. The largest absolute Gasteiger partial charge is 0.455 e. The van der Waals surface area contributed by atoms with Crippen LogP contribution < -0.4 is 5.73 Å². The van der Waals surface area contributed by atoms with Crippen LogP contribution in [0, 0.1) is 0 Å². The maximum atomic E-state index is 13.3. The monoisotopic (exact) mass is 445 g/mol. The first-order valence-electron chi connectivity index (χ1n) is 8.86. The zero-order valence-corrected chi connectivity index (χ0v) is 17.2. The summed E-state index contributed by atoms with van der Waals surface area (Å²) in [6.07, 6.45) is -1.50. The first kappa shape index (κ1) is 23.6. The fraction of sp³-hybridized carbons (Fsp3) is 0.316. The van der Waals surface area contributed by atoms with E-state index < -0.39 is 18.6 Å². The molecule has 0 aliphatic rings. The predicted molar refractivity (Wildman–Crippen MR) is 110 cm³/mol. The number of para-hydroxylation sites is 1. The molecule has 0 atom stereocenters. The lowest BCUT2D eigenvalue weighted by atomic mass is 10.2. The first-order chi connectivity index (χ1) is 14.1. The number of thioether (sulfide) groups is 1. The van der Waals surface area contributed by atoms with Crippen LogP contribution in [0.4, 0.5) is 33.5 Å². The first-order valence-corrected chi connectivity index (χ1v) is 10.1. The third kappa shape index (κ3) is 5.07. The van der Waals surface area contributed by atoms with Gasteiger partial charge < -0.3 is 5.73 Å². The van der Waals surface area contributed by atoms with Gasteiger partial charge in [0.2, 0.25) is 0 Å². The third-order valence-corrected chi connectivity index (χ3v) is 4.58. The van der Waals surface area contributed by atoms with E-state index in [1.54, 1.807) is 30.5 Å². The summed E-state index contributed by atoms with van der Waals surface area (Å²) < 4.78 is 64.5. The summed E-state index contributed by atoms with van der Waals surface area (Å²) in [6.45, 7) is 2.38. The lowest BCUT2D eigenvalue weighted by molar-refractivity contribution is -0.287. The number of aromatic nitrogens is 3. The molecular weight excluding hydrogens is 425 g/mol. The van der Waals surface area contributed by atoms with Gasteiger partial charge in [0.1, 0.15) is 11.6 Å². The molecule has 3 rings (SSSR count). The molecule has 0 unspecified atom stereocenters. The van der Waals surface area contributed by atoms with E-state index in [9.17, 15) is 22.0 Å². The fourth-order valence-corrected chi connectivity index (χ4v) is 3.03. The number of rotatable bonds is 4. The second kappa shape index (κ2) is 9.41. The normalized spacial score (nSPS) is 12.6. The fourth-order valence-electron chi connectivity index (χ4n) is 2.44. The molecule has 5 nitrogen and oxygen atoms in total. The molecule has 0 saturated heterocycles. The number of fused-ring (bicyclic) bond motifs is 1. The molecule has 3 aromatic rings. The zero-order chi connectivity index (χ0) is 22.5. The van der Waals surface area contributed by atoms with Crippen LogP contribution >= 0.6 is 11.8 Å². The quantitative estimate of drug-likeness (QED) is 0.243. The lowest BCUT2D eigenvalue weighted by Gasteiger charge is -2.19. The van der Waals surface area contributed by atoms with Gasteiger partial charge in [-0.05, 0) is 18.4 Å². The SMILES string of the molecule is CC.CSC(=Nc1cc2cnn(CC(F)(F)C(F)(F)F)c2cn1)c1ccccc1N. The van der Waals surface area contributed by atoms with E-state index in [1.807, 2.05) is 13.8 Å². The van der Waals surface area contributed by atoms with Crippen LogP contribution in [0.25, 0.3) is 10.9 Å². The summed E-state index contributed by atoms with van der Waals surface area (Å²) >= 11 is 1.34. The van der Waals surface area contributed by atoms with Gasteiger partial charge in [0.15, 0.2) is 5.82 Å². The number of alkyl halides is 5. The van der Waals surface area contributed by atoms with Crippen molar-refractivity contribution in [3.8, 4) is 0 Å². The Hall–Kier alpha value is -2.69. The van der Waals surface area contributed by atoms with Gasteiger partial charge in [0.05, 0.1) is 17.9 Å². The number of pyridine rings is 1. The minimum absolute atomic E-state index is 0.0489. The highest BCUT2D eigenvalue weighted by atomic mass is 32.2. The van der Waals surface area contributed by atoms with Crippen LogP contribution in [0.5, 0.6) is 0 Å². The van der Waals surface area contributed by atoms with Gasteiger partial charge in [0, 0.05) is 16.6 Å². The topological polar surface area (TPSA) is 69.1 Å². The lowest BCUT2D eigenvalue weighted by Crippen LogP contribution is -2.40. The summed E-state index contributed by atoms with van der Waals surface area (Å²) in [4.78, 5) is 8.45. The maximum Gasteiger partial charge on any atom is 0.455 e. The van der Waals surface area contributed by atoms with Crippen molar-refractivity contribution in [3.05, 3.63) is 48.3 Å². The minimum atomic E-state index is -5.66. The van der Waals surface area contributed by atoms with E-state index in [0.29, 0.717) is 26.4 Å². The Balaban J connectivity index is 0.00000155.